The third kappa shape index (κ3) is 4.66. The molecule has 0 atom stereocenters. The van der Waals surface area contributed by atoms with Crippen molar-refractivity contribution in [2.45, 2.75) is 13.8 Å². The van der Waals surface area contributed by atoms with Gasteiger partial charge >= 0.3 is 11.9 Å². The Hall–Kier alpha value is -3.54. The summed E-state index contributed by atoms with van der Waals surface area (Å²) in [6.45, 7) is 3.85. The van der Waals surface area contributed by atoms with Gasteiger partial charge in [0.15, 0.2) is 0 Å². The number of ether oxygens (including phenoxy) is 2. The largest absolute Gasteiger partial charge is 0.463 e. The van der Waals surface area contributed by atoms with E-state index in [-0.39, 0.29) is 18.9 Å². The fourth-order valence-electron chi connectivity index (χ4n) is 3.13. The molecule has 0 aliphatic rings. The van der Waals surface area contributed by atoms with Crippen LogP contribution < -0.4 is 5.32 Å². The predicted octanol–water partition coefficient (Wildman–Crippen LogP) is 4.27. The molecule has 1 N–H and O–H groups in total. The van der Waals surface area contributed by atoms with E-state index in [1.165, 1.54) is 0 Å². The minimum atomic E-state index is -0.612. The van der Waals surface area contributed by atoms with Gasteiger partial charge in [0.1, 0.15) is 5.70 Å². The first-order valence-corrected chi connectivity index (χ1v) is 9.51. The maximum absolute atomic E-state index is 12.2. The van der Waals surface area contributed by atoms with Crippen LogP contribution in [0.2, 0.25) is 0 Å². The molecule has 3 rings (SSSR count). The molecule has 0 saturated heterocycles. The smallest absolute Gasteiger partial charge is 0.355 e. The van der Waals surface area contributed by atoms with Gasteiger partial charge in [0.25, 0.3) is 0 Å². The van der Waals surface area contributed by atoms with Gasteiger partial charge in [-0.1, -0.05) is 30.3 Å². The number of nitrogens with zero attached hydrogens (tertiary/aromatic N) is 1. The van der Waals surface area contributed by atoms with E-state index in [2.05, 4.69) is 28.1 Å². The molecule has 0 aliphatic heterocycles. The summed E-state index contributed by atoms with van der Waals surface area (Å²) in [6, 6.07) is 18.0. The molecule has 0 bridgehead atoms. The fraction of sp³-hybridized carbons (Fsp3) is 0.217. The lowest BCUT2D eigenvalue weighted by Gasteiger charge is -2.10. The summed E-state index contributed by atoms with van der Waals surface area (Å²) in [5.74, 6) is -1.21. The molecule has 0 spiro atoms. The first-order chi connectivity index (χ1) is 14.0. The molecule has 1 heterocycles. The second-order valence-corrected chi connectivity index (χ2v) is 6.38. The van der Waals surface area contributed by atoms with E-state index >= 15 is 0 Å². The molecule has 29 heavy (non-hydrogen) atoms. The molecule has 0 fully saturated rings. The molecule has 0 radical (unpaired) electrons. The highest BCUT2D eigenvalue weighted by Gasteiger charge is 2.15. The first kappa shape index (κ1) is 20.2. The molecule has 0 aliphatic carbocycles. The van der Waals surface area contributed by atoms with E-state index in [9.17, 15) is 9.59 Å². The van der Waals surface area contributed by atoms with E-state index in [0.29, 0.717) is 5.69 Å². The van der Waals surface area contributed by atoms with E-state index in [1.54, 1.807) is 13.8 Å². The van der Waals surface area contributed by atoms with Crippen molar-refractivity contribution in [1.29, 1.82) is 0 Å². The van der Waals surface area contributed by atoms with Crippen molar-refractivity contribution in [3.05, 3.63) is 66.4 Å². The summed E-state index contributed by atoms with van der Waals surface area (Å²) < 4.78 is 12.1. The molecule has 6 heteroatoms. The monoisotopic (exact) mass is 392 g/mol. The van der Waals surface area contributed by atoms with Crippen LogP contribution in [0.4, 0.5) is 5.69 Å². The topological polar surface area (TPSA) is 69.6 Å². The minimum Gasteiger partial charge on any atom is -0.463 e. The average molecular weight is 392 g/mol. The number of benzene rings is 2. The Balaban J connectivity index is 1.94. The van der Waals surface area contributed by atoms with Gasteiger partial charge in [-0.15, -0.1) is 0 Å². The molecule has 0 unspecified atom stereocenters. The van der Waals surface area contributed by atoms with E-state index < -0.39 is 11.9 Å². The Bertz CT molecular complexity index is 1050. The summed E-state index contributed by atoms with van der Waals surface area (Å²) in [6.07, 6.45) is 1.12. The molecule has 3 aromatic rings. The zero-order valence-corrected chi connectivity index (χ0v) is 16.8. The molecule has 0 saturated carbocycles. The number of carbonyl (C=O) groups is 2. The van der Waals surface area contributed by atoms with Crippen LogP contribution in [0.3, 0.4) is 0 Å². The van der Waals surface area contributed by atoms with Gasteiger partial charge in [-0.25, -0.2) is 9.59 Å². The van der Waals surface area contributed by atoms with Crippen molar-refractivity contribution in [2.75, 3.05) is 18.5 Å². The van der Waals surface area contributed by atoms with E-state index in [1.807, 2.05) is 43.4 Å². The zero-order valence-electron chi connectivity index (χ0n) is 16.8. The highest BCUT2D eigenvalue weighted by atomic mass is 16.5. The number of hydrogen-bond donors (Lipinski definition) is 1. The third-order valence-electron chi connectivity index (χ3n) is 4.44. The Kier molecular flexibility index (Phi) is 6.34. The van der Waals surface area contributed by atoms with Crippen LogP contribution in [-0.4, -0.2) is 29.7 Å². The number of aryl methyl sites for hydroxylation is 1. The molecular formula is C23H24N2O4. The van der Waals surface area contributed by atoms with Crippen molar-refractivity contribution < 1.29 is 19.1 Å². The predicted molar refractivity (Wildman–Crippen MR) is 113 cm³/mol. The fourth-order valence-corrected chi connectivity index (χ4v) is 3.13. The van der Waals surface area contributed by atoms with Gasteiger partial charge in [-0.3, -0.25) is 0 Å². The third-order valence-corrected chi connectivity index (χ3v) is 4.44. The minimum absolute atomic E-state index is 0.0314. The van der Waals surface area contributed by atoms with Gasteiger partial charge in [0.2, 0.25) is 0 Å². The summed E-state index contributed by atoms with van der Waals surface area (Å²) >= 11 is 0. The number of anilines is 1. The van der Waals surface area contributed by atoms with Gasteiger partial charge in [0.05, 0.1) is 19.3 Å². The second kappa shape index (κ2) is 9.10. The van der Waals surface area contributed by atoms with Crippen molar-refractivity contribution in [2.24, 2.45) is 7.05 Å². The van der Waals surface area contributed by atoms with Crippen LogP contribution in [0, 0.1) is 0 Å². The molecule has 2 aromatic carbocycles. The van der Waals surface area contributed by atoms with Crippen LogP contribution in [0.1, 0.15) is 13.8 Å². The van der Waals surface area contributed by atoms with Gasteiger partial charge in [0, 0.05) is 29.3 Å². The first-order valence-electron chi connectivity index (χ1n) is 9.51. The lowest BCUT2D eigenvalue weighted by Crippen LogP contribution is -2.17. The summed E-state index contributed by atoms with van der Waals surface area (Å²) in [5, 5.41) is 4.00. The van der Waals surface area contributed by atoms with Crippen LogP contribution >= 0.6 is 0 Å². The van der Waals surface area contributed by atoms with Gasteiger partial charge in [-0.2, -0.15) is 0 Å². The maximum atomic E-state index is 12.2. The van der Waals surface area contributed by atoms with Crippen LogP contribution in [0.25, 0.3) is 22.2 Å². The number of carbonyl (C=O) groups excluding carboxylic acids is 2. The lowest BCUT2D eigenvalue weighted by atomic mass is 10.1. The van der Waals surface area contributed by atoms with Crippen LogP contribution in [0.5, 0.6) is 0 Å². The van der Waals surface area contributed by atoms with E-state index in [4.69, 9.17) is 9.47 Å². The van der Waals surface area contributed by atoms with Crippen molar-refractivity contribution in [3.63, 3.8) is 0 Å². The molecule has 150 valence electrons. The van der Waals surface area contributed by atoms with Crippen molar-refractivity contribution in [1.82, 2.24) is 4.57 Å². The zero-order chi connectivity index (χ0) is 20.8. The standard InChI is InChI=1S/C23H24N2O4/c1-4-28-22(26)15-19(23(27)29-5-2)24-18-11-12-20-17(13-18)14-21(25(20)3)16-9-7-6-8-10-16/h6-15,24H,4-5H2,1-3H3. The lowest BCUT2D eigenvalue weighted by molar-refractivity contribution is -0.140. The molecular weight excluding hydrogens is 368 g/mol. The quantitative estimate of drug-likeness (QED) is 0.480. The Morgan fingerprint density at radius 3 is 2.41 bits per heavy atom. The summed E-state index contributed by atoms with van der Waals surface area (Å²) in [7, 11) is 2.02. The maximum Gasteiger partial charge on any atom is 0.355 e. The summed E-state index contributed by atoms with van der Waals surface area (Å²) in [5.41, 5.74) is 3.97. The summed E-state index contributed by atoms with van der Waals surface area (Å²) in [4.78, 5) is 24.0. The molecule has 1 aromatic heterocycles. The molecule has 6 nitrogen and oxygen atoms in total. The number of nitrogens with one attached hydrogen (secondary N) is 1. The Morgan fingerprint density at radius 2 is 1.72 bits per heavy atom. The van der Waals surface area contributed by atoms with Crippen molar-refractivity contribution >= 4 is 28.5 Å². The van der Waals surface area contributed by atoms with Gasteiger partial charge in [-0.05, 0) is 43.7 Å². The Labute approximate surface area is 169 Å². The Morgan fingerprint density at radius 1 is 1.00 bits per heavy atom. The van der Waals surface area contributed by atoms with Gasteiger partial charge < -0.3 is 19.4 Å². The second-order valence-electron chi connectivity index (χ2n) is 6.38. The molecule has 0 amide bonds. The normalized spacial score (nSPS) is 11.3. The van der Waals surface area contributed by atoms with Crippen molar-refractivity contribution in [3.8, 4) is 11.3 Å². The van der Waals surface area contributed by atoms with Crippen LogP contribution in [-0.2, 0) is 26.1 Å². The highest BCUT2D eigenvalue weighted by molar-refractivity contribution is 5.99. The number of rotatable bonds is 7. The SMILES string of the molecule is CCOC(=O)C=C(Nc1ccc2c(c1)cc(-c1ccccc1)n2C)C(=O)OCC. The number of aromatic nitrogens is 1. The number of esters is 2. The highest BCUT2D eigenvalue weighted by Crippen LogP contribution is 2.29. The average Bonchev–Trinajstić information content (AvgIpc) is 3.04. The van der Waals surface area contributed by atoms with E-state index in [0.717, 1.165) is 28.2 Å². The van der Waals surface area contributed by atoms with Crippen LogP contribution in [0.15, 0.2) is 66.4 Å². The number of hydrogen-bond acceptors (Lipinski definition) is 5. The number of fused-ring (bicyclic) bond motifs is 1.